The first kappa shape index (κ1) is 18.4. The smallest absolute Gasteiger partial charge is 0.274 e. The number of benzene rings is 2. The van der Waals surface area contributed by atoms with Gasteiger partial charge in [0, 0.05) is 6.07 Å². The molecule has 6 nitrogen and oxygen atoms in total. The molecule has 27 heavy (non-hydrogen) atoms. The highest BCUT2D eigenvalue weighted by Crippen LogP contribution is 2.29. The highest BCUT2D eigenvalue weighted by atomic mass is 35.5. The van der Waals surface area contributed by atoms with Crippen molar-refractivity contribution in [3.8, 4) is 6.07 Å². The second-order valence-electron chi connectivity index (χ2n) is 5.96. The minimum atomic E-state index is -0.435. The van der Waals surface area contributed by atoms with Crippen LogP contribution in [0.15, 0.2) is 48.8 Å². The summed E-state index contributed by atoms with van der Waals surface area (Å²) in [7, 11) is 0. The van der Waals surface area contributed by atoms with Gasteiger partial charge >= 0.3 is 0 Å². The first-order valence-electron chi connectivity index (χ1n) is 8.14. The summed E-state index contributed by atoms with van der Waals surface area (Å²) in [6.45, 7) is 3.91. The summed E-state index contributed by atoms with van der Waals surface area (Å²) in [6, 6.07) is 14.2. The van der Waals surface area contributed by atoms with E-state index in [1.54, 1.807) is 24.3 Å². The lowest BCUT2D eigenvalue weighted by Crippen LogP contribution is -2.15. The number of aryl methyl sites for hydroxylation is 2. The van der Waals surface area contributed by atoms with Crippen LogP contribution in [0.5, 0.6) is 0 Å². The predicted molar refractivity (Wildman–Crippen MR) is 105 cm³/mol. The zero-order valence-electron chi connectivity index (χ0n) is 14.7. The Labute approximate surface area is 161 Å². The van der Waals surface area contributed by atoms with Crippen molar-refractivity contribution in [1.82, 2.24) is 9.97 Å². The molecule has 0 unspecified atom stereocenters. The Morgan fingerprint density at radius 1 is 1.15 bits per heavy atom. The van der Waals surface area contributed by atoms with Gasteiger partial charge in [-0.3, -0.25) is 4.79 Å². The number of hydrogen-bond acceptors (Lipinski definition) is 5. The van der Waals surface area contributed by atoms with Crippen LogP contribution in [0.4, 0.5) is 17.2 Å². The van der Waals surface area contributed by atoms with Gasteiger partial charge in [-0.05, 0) is 43.2 Å². The lowest BCUT2D eigenvalue weighted by Gasteiger charge is -2.12. The molecular formula is C20H16ClN5O. The van der Waals surface area contributed by atoms with Crippen molar-refractivity contribution in [2.45, 2.75) is 13.8 Å². The number of carbonyl (C=O) groups is 1. The van der Waals surface area contributed by atoms with E-state index in [4.69, 9.17) is 16.9 Å². The SMILES string of the molecule is Cc1cc(C)c(Nc2cc(C(=O)Nc3ccccc3C#N)ncn2)c(Cl)c1. The van der Waals surface area contributed by atoms with E-state index in [2.05, 4.69) is 20.6 Å². The maximum atomic E-state index is 12.5. The summed E-state index contributed by atoms with van der Waals surface area (Å²) in [4.78, 5) is 20.7. The Kier molecular flexibility index (Phi) is 5.34. The van der Waals surface area contributed by atoms with Crippen molar-refractivity contribution in [2.75, 3.05) is 10.6 Å². The normalized spacial score (nSPS) is 10.1. The van der Waals surface area contributed by atoms with E-state index in [0.29, 0.717) is 22.1 Å². The van der Waals surface area contributed by atoms with E-state index >= 15 is 0 Å². The topological polar surface area (TPSA) is 90.7 Å². The van der Waals surface area contributed by atoms with E-state index in [-0.39, 0.29) is 5.69 Å². The zero-order valence-corrected chi connectivity index (χ0v) is 15.5. The summed E-state index contributed by atoms with van der Waals surface area (Å²) in [6.07, 6.45) is 1.30. The highest BCUT2D eigenvalue weighted by Gasteiger charge is 2.13. The Morgan fingerprint density at radius 3 is 2.67 bits per heavy atom. The lowest BCUT2D eigenvalue weighted by molar-refractivity contribution is 0.102. The number of nitrogens with one attached hydrogen (secondary N) is 2. The molecule has 0 saturated heterocycles. The van der Waals surface area contributed by atoms with Crippen molar-refractivity contribution in [1.29, 1.82) is 5.26 Å². The van der Waals surface area contributed by atoms with Gasteiger partial charge < -0.3 is 10.6 Å². The monoisotopic (exact) mass is 377 g/mol. The molecule has 1 aromatic heterocycles. The number of nitrogens with zero attached hydrogens (tertiary/aromatic N) is 3. The minimum Gasteiger partial charge on any atom is -0.339 e. The van der Waals surface area contributed by atoms with E-state index in [1.807, 2.05) is 32.0 Å². The Morgan fingerprint density at radius 2 is 1.93 bits per heavy atom. The molecule has 1 amide bonds. The second-order valence-corrected chi connectivity index (χ2v) is 6.37. The molecule has 0 spiro atoms. The first-order valence-corrected chi connectivity index (χ1v) is 8.52. The van der Waals surface area contributed by atoms with Crippen LogP contribution in [0.25, 0.3) is 0 Å². The molecule has 134 valence electrons. The Balaban J connectivity index is 1.84. The average Bonchev–Trinajstić information content (AvgIpc) is 2.65. The highest BCUT2D eigenvalue weighted by molar-refractivity contribution is 6.33. The summed E-state index contributed by atoms with van der Waals surface area (Å²) < 4.78 is 0. The molecule has 0 fully saturated rings. The van der Waals surface area contributed by atoms with Gasteiger partial charge in [0.15, 0.2) is 0 Å². The summed E-state index contributed by atoms with van der Waals surface area (Å²) >= 11 is 6.31. The van der Waals surface area contributed by atoms with Crippen LogP contribution in [-0.4, -0.2) is 15.9 Å². The van der Waals surface area contributed by atoms with Gasteiger partial charge in [-0.15, -0.1) is 0 Å². The second kappa shape index (κ2) is 7.85. The van der Waals surface area contributed by atoms with Gasteiger partial charge in [0.1, 0.15) is 23.9 Å². The molecule has 7 heteroatoms. The standard InChI is InChI=1S/C20H16ClN5O/c1-12-7-13(2)19(15(21)8-12)26-18-9-17(23-11-24-18)20(27)25-16-6-4-3-5-14(16)10-22/h3-9,11H,1-2H3,(H,25,27)(H,23,24,26). The summed E-state index contributed by atoms with van der Waals surface area (Å²) in [5.41, 5.74) is 3.72. The van der Waals surface area contributed by atoms with Crippen molar-refractivity contribution in [2.24, 2.45) is 0 Å². The maximum Gasteiger partial charge on any atom is 0.274 e. The van der Waals surface area contributed by atoms with E-state index in [0.717, 1.165) is 16.8 Å². The molecule has 3 aromatic rings. The molecule has 0 aliphatic carbocycles. The first-order chi connectivity index (χ1) is 13.0. The Bertz CT molecular complexity index is 1040. The van der Waals surface area contributed by atoms with Gasteiger partial charge in [0.25, 0.3) is 5.91 Å². The van der Waals surface area contributed by atoms with Gasteiger partial charge in [0.05, 0.1) is 22.0 Å². The number of halogens is 1. The number of carbonyl (C=O) groups excluding carboxylic acids is 1. The van der Waals surface area contributed by atoms with Crippen molar-refractivity contribution in [3.05, 3.63) is 76.2 Å². The van der Waals surface area contributed by atoms with E-state index in [9.17, 15) is 4.79 Å². The van der Waals surface area contributed by atoms with Crippen molar-refractivity contribution < 1.29 is 4.79 Å². The number of para-hydroxylation sites is 1. The average molecular weight is 378 g/mol. The van der Waals surface area contributed by atoms with Crippen LogP contribution in [0.3, 0.4) is 0 Å². The Hall–Kier alpha value is -3.43. The molecular weight excluding hydrogens is 362 g/mol. The van der Waals surface area contributed by atoms with E-state index < -0.39 is 5.91 Å². The number of aromatic nitrogens is 2. The summed E-state index contributed by atoms with van der Waals surface area (Å²) in [5.74, 6) is 0.00689. The third-order valence-corrected chi connectivity index (χ3v) is 4.18. The predicted octanol–water partition coefficient (Wildman–Crippen LogP) is 4.61. The number of amides is 1. The van der Waals surface area contributed by atoms with Gasteiger partial charge in [0.2, 0.25) is 0 Å². The molecule has 3 rings (SSSR count). The molecule has 0 aliphatic heterocycles. The van der Waals surface area contributed by atoms with Crippen LogP contribution >= 0.6 is 11.6 Å². The molecule has 0 bridgehead atoms. The van der Waals surface area contributed by atoms with Gasteiger partial charge in [-0.2, -0.15) is 5.26 Å². The molecule has 0 atom stereocenters. The quantitative estimate of drug-likeness (QED) is 0.692. The number of hydrogen-bond donors (Lipinski definition) is 2. The largest absolute Gasteiger partial charge is 0.339 e. The van der Waals surface area contributed by atoms with Crippen LogP contribution in [-0.2, 0) is 0 Å². The van der Waals surface area contributed by atoms with Crippen LogP contribution in [0.2, 0.25) is 5.02 Å². The fourth-order valence-corrected chi connectivity index (χ4v) is 3.00. The number of rotatable bonds is 4. The maximum absolute atomic E-state index is 12.5. The van der Waals surface area contributed by atoms with Crippen molar-refractivity contribution in [3.63, 3.8) is 0 Å². The number of nitriles is 1. The minimum absolute atomic E-state index is 0.168. The van der Waals surface area contributed by atoms with Crippen LogP contribution in [0, 0.1) is 25.2 Å². The van der Waals surface area contributed by atoms with Crippen LogP contribution in [0.1, 0.15) is 27.2 Å². The molecule has 2 aromatic carbocycles. The fourth-order valence-electron chi connectivity index (χ4n) is 2.63. The third-order valence-electron chi connectivity index (χ3n) is 3.88. The zero-order chi connectivity index (χ0) is 19.4. The molecule has 0 radical (unpaired) electrons. The summed E-state index contributed by atoms with van der Waals surface area (Å²) in [5, 5.41) is 15.5. The molecule has 0 saturated carbocycles. The molecule has 1 heterocycles. The third kappa shape index (κ3) is 4.22. The van der Waals surface area contributed by atoms with Gasteiger partial charge in [-0.1, -0.05) is 29.8 Å². The lowest BCUT2D eigenvalue weighted by atomic mass is 10.1. The molecule has 2 N–H and O–H groups in total. The van der Waals surface area contributed by atoms with E-state index in [1.165, 1.54) is 12.4 Å². The fraction of sp³-hybridized carbons (Fsp3) is 0.100. The molecule has 0 aliphatic rings. The van der Waals surface area contributed by atoms with Gasteiger partial charge in [-0.25, -0.2) is 9.97 Å². The van der Waals surface area contributed by atoms with Crippen molar-refractivity contribution >= 4 is 34.7 Å². The van der Waals surface area contributed by atoms with Crippen LogP contribution < -0.4 is 10.6 Å². The number of anilines is 3.